The third-order valence-electron chi connectivity index (χ3n) is 4.38. The second-order valence-corrected chi connectivity index (χ2v) is 8.54. The maximum atomic E-state index is 12.7. The molecule has 0 bridgehead atoms. The highest BCUT2D eigenvalue weighted by molar-refractivity contribution is 7.92. The SMILES string of the molecule is O=[N+]([O-])c1ccc(Cl)c(NS(=O)(=O)c2ccc(-c3ncc(-c4ccccc4)o3)cc2)c1. The molecule has 10 heteroatoms. The van der Waals surface area contributed by atoms with Gasteiger partial charge in [0.15, 0.2) is 5.76 Å². The Labute approximate surface area is 182 Å². The third-order valence-corrected chi connectivity index (χ3v) is 6.09. The molecule has 0 atom stereocenters. The van der Waals surface area contributed by atoms with Crippen LogP contribution in [-0.4, -0.2) is 18.3 Å². The van der Waals surface area contributed by atoms with Crippen molar-refractivity contribution in [2.45, 2.75) is 4.90 Å². The van der Waals surface area contributed by atoms with E-state index in [1.54, 1.807) is 18.3 Å². The molecule has 1 heterocycles. The Morgan fingerprint density at radius 2 is 1.68 bits per heavy atom. The number of anilines is 1. The molecule has 156 valence electrons. The first-order chi connectivity index (χ1) is 14.8. The van der Waals surface area contributed by atoms with Crippen molar-refractivity contribution in [3.8, 4) is 22.8 Å². The number of nitrogens with one attached hydrogen (secondary N) is 1. The molecule has 1 N–H and O–H groups in total. The lowest BCUT2D eigenvalue weighted by Crippen LogP contribution is -2.13. The highest BCUT2D eigenvalue weighted by Gasteiger charge is 2.19. The quantitative estimate of drug-likeness (QED) is 0.308. The van der Waals surface area contributed by atoms with Crippen molar-refractivity contribution in [1.29, 1.82) is 0 Å². The summed E-state index contributed by atoms with van der Waals surface area (Å²) >= 11 is 5.98. The number of hydrogen-bond donors (Lipinski definition) is 1. The molecule has 4 rings (SSSR count). The second kappa shape index (κ2) is 8.21. The molecule has 0 fully saturated rings. The number of benzene rings is 3. The summed E-state index contributed by atoms with van der Waals surface area (Å²) in [4.78, 5) is 14.5. The zero-order valence-electron chi connectivity index (χ0n) is 15.7. The van der Waals surface area contributed by atoms with Crippen molar-refractivity contribution < 1.29 is 17.8 Å². The van der Waals surface area contributed by atoms with Crippen LogP contribution in [-0.2, 0) is 10.0 Å². The van der Waals surface area contributed by atoms with Gasteiger partial charge in [-0.1, -0.05) is 41.9 Å². The Balaban J connectivity index is 1.57. The summed E-state index contributed by atoms with van der Waals surface area (Å²) in [6.07, 6.45) is 1.60. The molecule has 0 aliphatic heterocycles. The molecule has 0 aliphatic rings. The number of oxazole rings is 1. The van der Waals surface area contributed by atoms with Crippen LogP contribution < -0.4 is 4.72 Å². The lowest BCUT2D eigenvalue weighted by atomic mass is 10.2. The minimum atomic E-state index is -4.02. The van der Waals surface area contributed by atoms with E-state index in [4.69, 9.17) is 16.0 Å². The predicted octanol–water partition coefficient (Wildman–Crippen LogP) is 5.37. The molecule has 31 heavy (non-hydrogen) atoms. The number of nitro groups is 1. The highest BCUT2D eigenvalue weighted by Crippen LogP contribution is 2.30. The van der Waals surface area contributed by atoms with Crippen molar-refractivity contribution in [3.05, 3.63) is 94.1 Å². The molecule has 0 saturated carbocycles. The second-order valence-electron chi connectivity index (χ2n) is 6.45. The smallest absolute Gasteiger partial charge is 0.271 e. The summed E-state index contributed by atoms with van der Waals surface area (Å²) in [6.45, 7) is 0. The van der Waals surface area contributed by atoms with Crippen LogP contribution in [0.5, 0.6) is 0 Å². The van der Waals surface area contributed by atoms with Gasteiger partial charge in [0.2, 0.25) is 5.89 Å². The predicted molar refractivity (Wildman–Crippen MR) is 116 cm³/mol. The summed E-state index contributed by atoms with van der Waals surface area (Å²) in [5, 5.41) is 11.0. The Kier molecular flexibility index (Phi) is 5.45. The van der Waals surface area contributed by atoms with Gasteiger partial charge in [-0.3, -0.25) is 14.8 Å². The topological polar surface area (TPSA) is 115 Å². The number of halogens is 1. The number of nitro benzene ring substituents is 1. The first-order valence-electron chi connectivity index (χ1n) is 8.92. The van der Waals surface area contributed by atoms with Crippen molar-refractivity contribution >= 4 is 33.0 Å². The summed E-state index contributed by atoms with van der Waals surface area (Å²) in [7, 11) is -4.02. The minimum Gasteiger partial charge on any atom is -0.436 e. The fourth-order valence-electron chi connectivity index (χ4n) is 2.83. The van der Waals surface area contributed by atoms with Crippen LogP contribution in [0.4, 0.5) is 11.4 Å². The zero-order chi connectivity index (χ0) is 22.0. The molecule has 4 aromatic rings. The molecule has 0 saturated heterocycles. The van der Waals surface area contributed by atoms with Gasteiger partial charge < -0.3 is 4.42 Å². The van der Waals surface area contributed by atoms with Gasteiger partial charge in [-0.15, -0.1) is 0 Å². The van der Waals surface area contributed by atoms with Crippen molar-refractivity contribution in [3.63, 3.8) is 0 Å². The van der Waals surface area contributed by atoms with Gasteiger partial charge >= 0.3 is 0 Å². The Morgan fingerprint density at radius 1 is 0.968 bits per heavy atom. The summed E-state index contributed by atoms with van der Waals surface area (Å²) in [5.74, 6) is 0.937. The summed E-state index contributed by atoms with van der Waals surface area (Å²) in [5.41, 5.74) is 1.10. The van der Waals surface area contributed by atoms with E-state index in [-0.39, 0.29) is 21.3 Å². The maximum Gasteiger partial charge on any atom is 0.271 e. The molecule has 0 radical (unpaired) electrons. The van der Waals surface area contributed by atoms with Crippen molar-refractivity contribution in [1.82, 2.24) is 4.98 Å². The van der Waals surface area contributed by atoms with Crippen LogP contribution in [0.1, 0.15) is 0 Å². The van der Waals surface area contributed by atoms with E-state index in [2.05, 4.69) is 9.71 Å². The number of hydrogen-bond acceptors (Lipinski definition) is 6. The monoisotopic (exact) mass is 455 g/mol. The normalized spacial score (nSPS) is 11.3. The molecule has 0 amide bonds. The fraction of sp³-hybridized carbons (Fsp3) is 0. The van der Waals surface area contributed by atoms with Crippen molar-refractivity contribution in [2.24, 2.45) is 0 Å². The van der Waals surface area contributed by atoms with Crippen LogP contribution in [0.3, 0.4) is 0 Å². The van der Waals surface area contributed by atoms with E-state index in [1.165, 1.54) is 24.3 Å². The maximum absolute atomic E-state index is 12.7. The molecule has 1 aromatic heterocycles. The third kappa shape index (κ3) is 4.42. The molecule has 0 aliphatic carbocycles. The number of nitrogens with zero attached hydrogens (tertiary/aromatic N) is 2. The molecule has 0 spiro atoms. The van der Waals surface area contributed by atoms with Gasteiger partial charge in [0.1, 0.15) is 0 Å². The van der Waals surface area contributed by atoms with E-state index < -0.39 is 14.9 Å². The van der Waals surface area contributed by atoms with E-state index in [0.29, 0.717) is 17.2 Å². The summed E-state index contributed by atoms with van der Waals surface area (Å²) < 4.78 is 33.4. The average molecular weight is 456 g/mol. The Hall–Kier alpha value is -3.69. The number of aromatic nitrogens is 1. The van der Waals surface area contributed by atoms with Crippen LogP contribution in [0.2, 0.25) is 5.02 Å². The lowest BCUT2D eigenvalue weighted by molar-refractivity contribution is -0.384. The van der Waals surface area contributed by atoms with Crippen molar-refractivity contribution in [2.75, 3.05) is 4.72 Å². The Morgan fingerprint density at radius 3 is 2.35 bits per heavy atom. The van der Waals surface area contributed by atoms with Gasteiger partial charge in [-0.2, -0.15) is 0 Å². The van der Waals surface area contributed by atoms with E-state index >= 15 is 0 Å². The number of rotatable bonds is 6. The lowest BCUT2D eigenvalue weighted by Gasteiger charge is -2.10. The van der Waals surface area contributed by atoms with E-state index in [1.807, 2.05) is 30.3 Å². The summed E-state index contributed by atoms with van der Waals surface area (Å²) in [6, 6.07) is 18.9. The fourth-order valence-corrected chi connectivity index (χ4v) is 4.12. The van der Waals surface area contributed by atoms with Gasteiger partial charge in [0.25, 0.3) is 15.7 Å². The number of sulfonamides is 1. The number of non-ortho nitro benzene ring substituents is 1. The first kappa shape index (κ1) is 20.6. The van der Waals surface area contributed by atoms with Crippen LogP contribution in [0, 0.1) is 10.1 Å². The average Bonchev–Trinajstić information content (AvgIpc) is 3.26. The highest BCUT2D eigenvalue weighted by atomic mass is 35.5. The standard InChI is InChI=1S/C21H14ClN3O5S/c22-18-11-8-16(25(26)27)12-19(18)24-31(28,29)17-9-6-15(7-10-17)21-23-13-20(30-21)14-4-2-1-3-5-14/h1-13,24H. The molecular weight excluding hydrogens is 442 g/mol. The first-order valence-corrected chi connectivity index (χ1v) is 10.8. The van der Waals surface area contributed by atoms with Gasteiger partial charge in [-0.05, 0) is 30.3 Å². The van der Waals surface area contributed by atoms with Gasteiger partial charge in [0, 0.05) is 23.3 Å². The molecular formula is C21H14ClN3O5S. The van der Waals surface area contributed by atoms with Gasteiger partial charge in [0.05, 0.1) is 26.7 Å². The molecule has 3 aromatic carbocycles. The largest absolute Gasteiger partial charge is 0.436 e. The van der Waals surface area contributed by atoms with Crippen LogP contribution in [0.25, 0.3) is 22.8 Å². The Bertz CT molecular complexity index is 1350. The molecule has 0 unspecified atom stereocenters. The van der Waals surface area contributed by atoms with Gasteiger partial charge in [-0.25, -0.2) is 13.4 Å². The van der Waals surface area contributed by atoms with E-state index in [9.17, 15) is 18.5 Å². The zero-order valence-corrected chi connectivity index (χ0v) is 17.3. The van der Waals surface area contributed by atoms with Crippen LogP contribution >= 0.6 is 11.6 Å². The van der Waals surface area contributed by atoms with Crippen LogP contribution in [0.15, 0.2) is 88.3 Å². The van der Waals surface area contributed by atoms with E-state index in [0.717, 1.165) is 11.6 Å². The minimum absolute atomic E-state index is 0.0408. The molecule has 8 nitrogen and oxygen atoms in total.